The molecule has 1 unspecified atom stereocenters. The highest BCUT2D eigenvalue weighted by atomic mass is 32.2. The van der Waals surface area contributed by atoms with Gasteiger partial charge < -0.3 is 5.11 Å². The summed E-state index contributed by atoms with van der Waals surface area (Å²) in [6.45, 7) is 2.27. The molecule has 1 aliphatic heterocycles. The van der Waals surface area contributed by atoms with Crippen LogP contribution in [0.3, 0.4) is 0 Å². The van der Waals surface area contributed by atoms with Gasteiger partial charge in [-0.2, -0.15) is 4.31 Å². The van der Waals surface area contributed by atoms with Crippen LogP contribution in [0.5, 0.6) is 0 Å². The molecule has 0 radical (unpaired) electrons. The Balaban J connectivity index is 2.33. The molecule has 0 aromatic heterocycles. The van der Waals surface area contributed by atoms with Gasteiger partial charge in [0.15, 0.2) is 0 Å². The van der Waals surface area contributed by atoms with Crippen LogP contribution in [0.2, 0.25) is 0 Å². The molecule has 19 heavy (non-hydrogen) atoms. The van der Waals surface area contributed by atoms with Crippen LogP contribution in [-0.2, 0) is 14.8 Å². The topological polar surface area (TPSA) is 74.7 Å². The number of carboxylic acid groups (broad SMARTS) is 1. The lowest BCUT2D eigenvalue weighted by molar-refractivity contribution is -0.147. The van der Waals surface area contributed by atoms with Gasteiger partial charge in [0.05, 0.1) is 5.25 Å². The van der Waals surface area contributed by atoms with E-state index >= 15 is 0 Å². The summed E-state index contributed by atoms with van der Waals surface area (Å²) in [5, 5.41) is 9.21. The number of nitrogens with zero attached hydrogens (tertiary/aromatic N) is 1. The van der Waals surface area contributed by atoms with Gasteiger partial charge in [-0.05, 0) is 32.1 Å². The third kappa shape index (κ3) is 2.40. The van der Waals surface area contributed by atoms with Gasteiger partial charge in [-0.3, -0.25) is 4.79 Å². The number of hydrogen-bond acceptors (Lipinski definition) is 3. The summed E-state index contributed by atoms with van der Waals surface area (Å²) >= 11 is 0. The summed E-state index contributed by atoms with van der Waals surface area (Å²) in [4.78, 5) is 11.7. The molecule has 1 saturated heterocycles. The summed E-state index contributed by atoms with van der Waals surface area (Å²) in [6.07, 6.45) is 5.43. The molecule has 1 saturated carbocycles. The average molecular weight is 289 g/mol. The van der Waals surface area contributed by atoms with Crippen LogP contribution >= 0.6 is 0 Å². The number of aliphatic carboxylic acids is 1. The predicted octanol–water partition coefficient (Wildman–Crippen LogP) is 1.98. The molecule has 1 aliphatic carbocycles. The van der Waals surface area contributed by atoms with Crippen LogP contribution in [0.1, 0.15) is 58.3 Å². The Bertz CT molecular complexity index is 442. The summed E-state index contributed by atoms with van der Waals surface area (Å²) in [5.74, 6) is -0.978. The SMILES string of the molecule is CCCC1(C(=O)O)CCCN1S(=O)(=O)C1CCCC1. The van der Waals surface area contributed by atoms with E-state index in [-0.39, 0.29) is 5.25 Å². The fourth-order valence-electron chi connectivity index (χ4n) is 3.57. The minimum Gasteiger partial charge on any atom is -0.480 e. The van der Waals surface area contributed by atoms with E-state index < -0.39 is 21.5 Å². The van der Waals surface area contributed by atoms with E-state index in [2.05, 4.69) is 0 Å². The van der Waals surface area contributed by atoms with E-state index in [0.29, 0.717) is 45.1 Å². The predicted molar refractivity (Wildman–Crippen MR) is 72.4 cm³/mol. The third-order valence-electron chi connectivity index (χ3n) is 4.52. The molecule has 5 nitrogen and oxygen atoms in total. The van der Waals surface area contributed by atoms with E-state index in [1.807, 2.05) is 6.92 Å². The smallest absolute Gasteiger partial charge is 0.325 e. The van der Waals surface area contributed by atoms with Crippen LogP contribution in [0, 0.1) is 0 Å². The summed E-state index contributed by atoms with van der Waals surface area (Å²) in [6, 6.07) is 0. The molecule has 0 aromatic rings. The molecule has 110 valence electrons. The van der Waals surface area contributed by atoms with E-state index in [9.17, 15) is 18.3 Å². The quantitative estimate of drug-likeness (QED) is 0.839. The number of carbonyl (C=O) groups is 1. The number of hydrogen-bond donors (Lipinski definition) is 1. The van der Waals surface area contributed by atoms with Crippen LogP contribution in [-0.4, -0.2) is 41.1 Å². The lowest BCUT2D eigenvalue weighted by Crippen LogP contribution is -2.54. The van der Waals surface area contributed by atoms with Crippen molar-refractivity contribution in [1.82, 2.24) is 4.31 Å². The molecule has 2 aliphatic rings. The van der Waals surface area contributed by atoms with Crippen molar-refractivity contribution in [1.29, 1.82) is 0 Å². The van der Waals surface area contributed by atoms with Crippen LogP contribution in [0.4, 0.5) is 0 Å². The molecular weight excluding hydrogens is 266 g/mol. The Morgan fingerprint density at radius 1 is 1.32 bits per heavy atom. The second-order valence-corrected chi connectivity index (χ2v) is 7.85. The molecule has 1 atom stereocenters. The normalized spacial score (nSPS) is 29.9. The standard InChI is InChI=1S/C13H23NO4S/c1-2-8-13(12(15)16)9-5-10-14(13)19(17,18)11-6-3-4-7-11/h11H,2-10H2,1H3,(H,15,16). The Morgan fingerprint density at radius 3 is 2.47 bits per heavy atom. The molecule has 0 amide bonds. The Hall–Kier alpha value is -0.620. The monoisotopic (exact) mass is 289 g/mol. The van der Waals surface area contributed by atoms with Gasteiger partial charge in [-0.15, -0.1) is 0 Å². The van der Waals surface area contributed by atoms with Crippen molar-refractivity contribution in [3.8, 4) is 0 Å². The average Bonchev–Trinajstić information content (AvgIpc) is 2.99. The Kier molecular flexibility index (Phi) is 4.20. The maximum absolute atomic E-state index is 12.7. The van der Waals surface area contributed by atoms with Crippen LogP contribution in [0.15, 0.2) is 0 Å². The van der Waals surface area contributed by atoms with Gasteiger partial charge in [0, 0.05) is 6.54 Å². The van der Waals surface area contributed by atoms with Gasteiger partial charge in [-0.25, -0.2) is 8.42 Å². The van der Waals surface area contributed by atoms with Crippen molar-refractivity contribution in [2.45, 2.75) is 69.1 Å². The number of sulfonamides is 1. The Morgan fingerprint density at radius 2 is 1.95 bits per heavy atom. The van der Waals surface area contributed by atoms with Gasteiger partial charge in [0.2, 0.25) is 10.0 Å². The second kappa shape index (κ2) is 5.40. The molecule has 2 fully saturated rings. The molecule has 0 bridgehead atoms. The molecule has 6 heteroatoms. The first-order valence-electron chi connectivity index (χ1n) is 7.20. The lowest BCUT2D eigenvalue weighted by atomic mass is 9.92. The van der Waals surface area contributed by atoms with Gasteiger partial charge in [-0.1, -0.05) is 26.2 Å². The van der Waals surface area contributed by atoms with E-state index in [0.717, 1.165) is 12.8 Å². The zero-order valence-corrected chi connectivity index (χ0v) is 12.3. The Labute approximate surface area is 115 Å². The fraction of sp³-hybridized carbons (Fsp3) is 0.923. The van der Waals surface area contributed by atoms with Gasteiger partial charge in [0.1, 0.15) is 5.54 Å². The summed E-state index contributed by atoms with van der Waals surface area (Å²) in [7, 11) is -3.46. The highest BCUT2D eigenvalue weighted by molar-refractivity contribution is 7.89. The minimum absolute atomic E-state index is 0.360. The van der Waals surface area contributed by atoms with Gasteiger partial charge >= 0.3 is 5.97 Å². The highest BCUT2D eigenvalue weighted by Gasteiger charge is 2.53. The number of rotatable bonds is 5. The molecule has 1 N–H and O–H groups in total. The van der Waals surface area contributed by atoms with Crippen molar-refractivity contribution in [3.63, 3.8) is 0 Å². The van der Waals surface area contributed by atoms with E-state index in [1.165, 1.54) is 4.31 Å². The maximum atomic E-state index is 12.7. The lowest BCUT2D eigenvalue weighted by Gasteiger charge is -2.35. The molecule has 0 spiro atoms. The van der Waals surface area contributed by atoms with Crippen molar-refractivity contribution in [3.05, 3.63) is 0 Å². The molecule has 1 heterocycles. The van der Waals surface area contributed by atoms with Crippen molar-refractivity contribution in [2.24, 2.45) is 0 Å². The first-order valence-corrected chi connectivity index (χ1v) is 8.70. The van der Waals surface area contributed by atoms with Crippen molar-refractivity contribution >= 4 is 16.0 Å². The summed E-state index contributed by atoms with van der Waals surface area (Å²) < 4.78 is 26.7. The zero-order valence-electron chi connectivity index (χ0n) is 11.5. The van der Waals surface area contributed by atoms with E-state index in [4.69, 9.17) is 0 Å². The van der Waals surface area contributed by atoms with Crippen LogP contribution in [0.25, 0.3) is 0 Å². The fourth-order valence-corrected chi connectivity index (χ4v) is 5.99. The second-order valence-electron chi connectivity index (χ2n) is 5.71. The minimum atomic E-state index is -3.46. The molecule has 2 rings (SSSR count). The van der Waals surface area contributed by atoms with Gasteiger partial charge in [0.25, 0.3) is 0 Å². The molecule has 0 aromatic carbocycles. The largest absolute Gasteiger partial charge is 0.480 e. The molecular formula is C13H23NO4S. The maximum Gasteiger partial charge on any atom is 0.325 e. The van der Waals surface area contributed by atoms with Crippen molar-refractivity contribution in [2.75, 3.05) is 6.54 Å². The van der Waals surface area contributed by atoms with Crippen molar-refractivity contribution < 1.29 is 18.3 Å². The first kappa shape index (κ1) is 14.8. The van der Waals surface area contributed by atoms with Crippen LogP contribution < -0.4 is 0 Å². The highest BCUT2D eigenvalue weighted by Crippen LogP contribution is 2.39. The first-order chi connectivity index (χ1) is 8.95. The third-order valence-corrected chi connectivity index (χ3v) is 6.98. The van der Waals surface area contributed by atoms with E-state index in [1.54, 1.807) is 0 Å². The number of carboxylic acids is 1. The summed E-state index contributed by atoms with van der Waals surface area (Å²) in [5.41, 5.74) is -1.18. The zero-order chi connectivity index (χ0) is 14.1.